The number of rotatable bonds is 9. The number of carbonyl (C=O) groups is 2. The highest BCUT2D eigenvalue weighted by Crippen LogP contribution is 2.25. The van der Waals surface area contributed by atoms with Crippen LogP contribution >= 0.6 is 21.6 Å². The summed E-state index contributed by atoms with van der Waals surface area (Å²) in [4.78, 5) is 21.3. The Balaban J connectivity index is 1.96. The van der Waals surface area contributed by atoms with Crippen LogP contribution in [0.2, 0.25) is 0 Å². The number of aliphatic carboxylic acids is 1. The highest BCUT2D eigenvalue weighted by molar-refractivity contribution is 8.76. The molecule has 0 bridgehead atoms. The smallest absolute Gasteiger partial charge is 0.306 e. The molecule has 0 unspecified atom stereocenters. The molecule has 1 aromatic carbocycles. The van der Waals surface area contributed by atoms with Crippen molar-refractivity contribution in [1.29, 1.82) is 0 Å². The Morgan fingerprint density at radius 2 is 1.84 bits per heavy atom. The quantitative estimate of drug-likeness (QED) is 0.430. The summed E-state index contributed by atoms with van der Waals surface area (Å²) in [6, 6.07) is 10.1. The molecule has 0 spiro atoms. The van der Waals surface area contributed by atoms with Crippen molar-refractivity contribution in [2.45, 2.75) is 18.6 Å². The molecule has 0 saturated carbocycles. The maximum Gasteiger partial charge on any atom is 0.306 e. The zero-order valence-corrected chi connectivity index (χ0v) is 12.0. The first-order valence-electron chi connectivity index (χ1n) is 5.84. The number of esters is 1. The second kappa shape index (κ2) is 9.75. The Labute approximate surface area is 120 Å². The fourth-order valence-electron chi connectivity index (χ4n) is 1.21. The Morgan fingerprint density at radius 1 is 1.11 bits per heavy atom. The first-order chi connectivity index (χ1) is 9.18. The van der Waals surface area contributed by atoms with Crippen LogP contribution in [0.3, 0.4) is 0 Å². The predicted octanol–water partition coefficient (Wildman–Crippen LogP) is 2.98. The van der Waals surface area contributed by atoms with Crippen LogP contribution in [-0.4, -0.2) is 29.4 Å². The minimum atomic E-state index is -0.982. The van der Waals surface area contributed by atoms with E-state index in [1.165, 1.54) is 5.56 Å². The highest BCUT2D eigenvalue weighted by atomic mass is 33.1. The number of carbonyl (C=O) groups excluding carboxylic acids is 1. The van der Waals surface area contributed by atoms with Gasteiger partial charge in [0.1, 0.15) is 6.61 Å². The molecular formula is C13H16O4S2. The molecule has 0 aliphatic rings. The fraction of sp³-hybridized carbons (Fsp3) is 0.385. The van der Waals surface area contributed by atoms with Crippen molar-refractivity contribution >= 4 is 33.5 Å². The summed E-state index contributed by atoms with van der Waals surface area (Å²) >= 11 is 0. The lowest BCUT2D eigenvalue weighted by Gasteiger charge is -2.03. The van der Waals surface area contributed by atoms with E-state index in [0.29, 0.717) is 12.4 Å². The summed E-state index contributed by atoms with van der Waals surface area (Å²) in [6.07, 6.45) is -0.230. The van der Waals surface area contributed by atoms with Crippen LogP contribution in [0.1, 0.15) is 18.4 Å². The van der Waals surface area contributed by atoms with Crippen molar-refractivity contribution in [3.63, 3.8) is 0 Å². The van der Waals surface area contributed by atoms with E-state index in [4.69, 9.17) is 9.84 Å². The molecule has 0 amide bonds. The van der Waals surface area contributed by atoms with Gasteiger partial charge in [0, 0.05) is 11.5 Å². The van der Waals surface area contributed by atoms with Gasteiger partial charge in [-0.15, -0.1) is 0 Å². The first-order valence-corrected chi connectivity index (χ1v) is 8.33. The number of ether oxygens (including phenoxy) is 1. The third kappa shape index (κ3) is 8.56. The third-order valence-corrected chi connectivity index (χ3v) is 4.43. The van der Waals surface area contributed by atoms with E-state index in [2.05, 4.69) is 12.1 Å². The summed E-state index contributed by atoms with van der Waals surface area (Å²) < 4.78 is 4.91. The van der Waals surface area contributed by atoms with E-state index in [0.717, 1.165) is 5.75 Å². The van der Waals surface area contributed by atoms with Gasteiger partial charge in [-0.25, -0.2) is 0 Å². The second-order valence-electron chi connectivity index (χ2n) is 3.68. The van der Waals surface area contributed by atoms with Crippen LogP contribution in [0, 0.1) is 0 Å². The Morgan fingerprint density at radius 3 is 2.53 bits per heavy atom. The van der Waals surface area contributed by atoms with Gasteiger partial charge >= 0.3 is 11.9 Å². The largest absolute Gasteiger partial charge is 0.481 e. The minimum Gasteiger partial charge on any atom is -0.481 e. The van der Waals surface area contributed by atoms with Crippen LogP contribution in [0.15, 0.2) is 30.3 Å². The number of carboxylic acid groups (broad SMARTS) is 1. The summed E-state index contributed by atoms with van der Waals surface area (Å²) in [5, 5.41) is 8.40. The molecule has 0 saturated heterocycles. The van der Waals surface area contributed by atoms with E-state index in [9.17, 15) is 9.59 Å². The Bertz CT molecular complexity index is 395. The standard InChI is InChI=1S/C13H16O4S2/c14-12(15)6-7-13(16)17-8-9-18-19-10-11-4-2-1-3-5-11/h1-5H,6-10H2,(H,14,15). The minimum absolute atomic E-state index is 0.0584. The third-order valence-electron chi connectivity index (χ3n) is 2.12. The molecule has 1 aromatic rings. The van der Waals surface area contributed by atoms with Crippen molar-refractivity contribution in [3.8, 4) is 0 Å². The first kappa shape index (κ1) is 15.9. The maximum absolute atomic E-state index is 11.1. The molecule has 1 N–H and O–H groups in total. The lowest BCUT2D eigenvalue weighted by molar-refractivity contribution is -0.147. The van der Waals surface area contributed by atoms with Gasteiger partial charge in [0.25, 0.3) is 0 Å². The molecule has 1 rings (SSSR count). The van der Waals surface area contributed by atoms with Crippen LogP contribution in [0.4, 0.5) is 0 Å². The van der Waals surface area contributed by atoms with Crippen LogP contribution < -0.4 is 0 Å². The molecule has 6 heteroatoms. The van der Waals surface area contributed by atoms with Gasteiger partial charge < -0.3 is 9.84 Å². The fourth-order valence-corrected chi connectivity index (χ4v) is 3.11. The van der Waals surface area contributed by atoms with Gasteiger partial charge in [-0.2, -0.15) is 0 Å². The molecule has 0 aliphatic heterocycles. The van der Waals surface area contributed by atoms with Gasteiger partial charge in [0.2, 0.25) is 0 Å². The van der Waals surface area contributed by atoms with Gasteiger partial charge in [0.15, 0.2) is 0 Å². The number of benzene rings is 1. The van der Waals surface area contributed by atoms with Gasteiger partial charge in [0.05, 0.1) is 12.8 Å². The Hall–Kier alpha value is -1.14. The number of carboxylic acids is 1. The van der Waals surface area contributed by atoms with Crippen LogP contribution in [0.25, 0.3) is 0 Å². The zero-order chi connectivity index (χ0) is 13.9. The molecular weight excluding hydrogens is 284 g/mol. The SMILES string of the molecule is O=C(O)CCC(=O)OCCSSCc1ccccc1. The van der Waals surface area contributed by atoms with Crippen molar-refractivity contribution < 1.29 is 19.4 Å². The summed E-state index contributed by atoms with van der Waals surface area (Å²) in [5.74, 6) is 0.190. The predicted molar refractivity (Wildman–Crippen MR) is 78.0 cm³/mol. The molecule has 0 heterocycles. The molecule has 4 nitrogen and oxygen atoms in total. The van der Waals surface area contributed by atoms with Crippen molar-refractivity contribution in [2.24, 2.45) is 0 Å². The second-order valence-corrected chi connectivity index (χ2v) is 6.27. The molecule has 0 radical (unpaired) electrons. The van der Waals surface area contributed by atoms with E-state index >= 15 is 0 Å². The van der Waals surface area contributed by atoms with Crippen molar-refractivity contribution in [3.05, 3.63) is 35.9 Å². The normalized spacial score (nSPS) is 10.1. The average molecular weight is 300 g/mol. The average Bonchev–Trinajstić information content (AvgIpc) is 2.41. The topological polar surface area (TPSA) is 63.6 Å². The van der Waals surface area contributed by atoms with E-state index < -0.39 is 11.9 Å². The van der Waals surface area contributed by atoms with Crippen molar-refractivity contribution in [1.82, 2.24) is 0 Å². The maximum atomic E-state index is 11.1. The van der Waals surface area contributed by atoms with Crippen LogP contribution in [0.5, 0.6) is 0 Å². The highest BCUT2D eigenvalue weighted by Gasteiger charge is 2.06. The Kier molecular flexibility index (Phi) is 8.16. The van der Waals surface area contributed by atoms with Crippen molar-refractivity contribution in [2.75, 3.05) is 12.4 Å². The number of hydrogen-bond acceptors (Lipinski definition) is 5. The van der Waals surface area contributed by atoms with E-state index in [-0.39, 0.29) is 12.8 Å². The molecule has 19 heavy (non-hydrogen) atoms. The summed E-state index contributed by atoms with van der Waals surface area (Å²) in [7, 11) is 3.35. The van der Waals surface area contributed by atoms with E-state index in [1.54, 1.807) is 21.6 Å². The summed E-state index contributed by atoms with van der Waals surface area (Å²) in [6.45, 7) is 0.324. The molecule has 0 aliphatic carbocycles. The molecule has 0 aromatic heterocycles. The molecule has 0 fully saturated rings. The lowest BCUT2D eigenvalue weighted by atomic mass is 10.2. The van der Waals surface area contributed by atoms with Crippen LogP contribution in [-0.2, 0) is 20.1 Å². The number of hydrogen-bond donors (Lipinski definition) is 1. The molecule has 104 valence electrons. The monoisotopic (exact) mass is 300 g/mol. The molecule has 0 atom stereocenters. The van der Waals surface area contributed by atoms with Gasteiger partial charge in [-0.1, -0.05) is 51.9 Å². The van der Waals surface area contributed by atoms with Gasteiger partial charge in [-0.05, 0) is 5.56 Å². The zero-order valence-electron chi connectivity index (χ0n) is 10.4. The summed E-state index contributed by atoms with van der Waals surface area (Å²) in [5.41, 5.74) is 1.26. The van der Waals surface area contributed by atoms with Gasteiger partial charge in [-0.3, -0.25) is 9.59 Å². The van der Waals surface area contributed by atoms with E-state index in [1.807, 2.05) is 18.2 Å². The lowest BCUT2D eigenvalue weighted by Crippen LogP contribution is -2.09.